The maximum absolute atomic E-state index is 10.9. The number of rotatable bonds is 4. The number of aromatic nitrogens is 4. The van der Waals surface area contributed by atoms with Gasteiger partial charge in [-0.3, -0.25) is 0 Å². The number of carbonyl (C=O) groups is 1. The molecule has 1 aromatic carbocycles. The first kappa shape index (κ1) is 15.2. The van der Waals surface area contributed by atoms with Crippen molar-refractivity contribution in [2.45, 2.75) is 6.54 Å². The second kappa shape index (κ2) is 5.83. The minimum absolute atomic E-state index is 0.0224. The third kappa shape index (κ3) is 2.92. The lowest BCUT2D eigenvalue weighted by Crippen LogP contribution is -2.07. The molecule has 0 saturated heterocycles. The summed E-state index contributed by atoms with van der Waals surface area (Å²) in [5.74, 6) is -1.37. The molecule has 122 valence electrons. The number of aromatic carboxylic acids is 1. The van der Waals surface area contributed by atoms with Crippen LogP contribution in [0.5, 0.6) is 5.75 Å². The van der Waals surface area contributed by atoms with Gasteiger partial charge in [0.1, 0.15) is 11.3 Å². The summed E-state index contributed by atoms with van der Waals surface area (Å²) in [5.41, 5.74) is 12.8. The zero-order valence-electron chi connectivity index (χ0n) is 12.3. The van der Waals surface area contributed by atoms with Crippen molar-refractivity contribution in [1.29, 1.82) is 0 Å². The fourth-order valence-corrected chi connectivity index (χ4v) is 2.08. The molecule has 3 aromatic rings. The van der Waals surface area contributed by atoms with Crippen LogP contribution >= 0.6 is 0 Å². The predicted octanol–water partition coefficient (Wildman–Crippen LogP) is 0.600. The lowest BCUT2D eigenvalue weighted by Gasteiger charge is -2.08. The number of benzene rings is 1. The minimum Gasteiger partial charge on any atom is -0.507 e. The van der Waals surface area contributed by atoms with Crippen LogP contribution in [0.4, 0.5) is 17.5 Å². The molecule has 10 heteroatoms. The summed E-state index contributed by atoms with van der Waals surface area (Å²) in [7, 11) is 0. The highest BCUT2D eigenvalue weighted by molar-refractivity contribution is 5.91. The Kier molecular flexibility index (Phi) is 3.70. The van der Waals surface area contributed by atoms with Crippen LogP contribution in [0.25, 0.3) is 11.2 Å². The number of aromatic hydroxyl groups is 1. The first-order valence-corrected chi connectivity index (χ1v) is 6.79. The molecule has 0 aliphatic heterocycles. The molecule has 0 fully saturated rings. The van der Waals surface area contributed by atoms with Crippen LogP contribution in [0.1, 0.15) is 16.1 Å². The van der Waals surface area contributed by atoms with Crippen LogP contribution < -0.4 is 16.8 Å². The summed E-state index contributed by atoms with van der Waals surface area (Å²) in [6, 6.07) is 4.16. The summed E-state index contributed by atoms with van der Waals surface area (Å²) < 4.78 is 0. The molecule has 0 aliphatic carbocycles. The van der Waals surface area contributed by atoms with Gasteiger partial charge in [0.15, 0.2) is 17.0 Å². The maximum atomic E-state index is 10.9. The Bertz CT molecular complexity index is 945. The van der Waals surface area contributed by atoms with Gasteiger partial charge in [0.25, 0.3) is 0 Å². The Hall–Kier alpha value is -3.69. The Labute approximate surface area is 135 Å². The van der Waals surface area contributed by atoms with Gasteiger partial charge in [0, 0.05) is 11.8 Å². The number of phenols is 1. The Morgan fingerprint density at radius 2 is 2.00 bits per heavy atom. The normalized spacial score (nSPS) is 10.7. The van der Waals surface area contributed by atoms with E-state index in [1.807, 2.05) is 0 Å². The fourth-order valence-electron chi connectivity index (χ4n) is 2.08. The van der Waals surface area contributed by atoms with E-state index in [0.29, 0.717) is 22.5 Å². The van der Waals surface area contributed by atoms with Crippen molar-refractivity contribution >= 4 is 34.6 Å². The third-order valence-corrected chi connectivity index (χ3v) is 3.20. The zero-order chi connectivity index (χ0) is 17.3. The number of nitrogens with one attached hydrogen (secondary N) is 1. The smallest absolute Gasteiger partial charge is 0.339 e. The van der Waals surface area contributed by atoms with Gasteiger partial charge in [0.05, 0.1) is 18.4 Å². The molecule has 10 nitrogen and oxygen atoms in total. The van der Waals surface area contributed by atoms with Crippen molar-refractivity contribution in [3.8, 4) is 5.75 Å². The largest absolute Gasteiger partial charge is 0.507 e. The topological polar surface area (TPSA) is 173 Å². The third-order valence-electron chi connectivity index (χ3n) is 3.20. The standard InChI is InChI=1S/C14H13N7O3/c15-11-10-12(21-14(16)20-11)18-5-7(19-10)4-17-6-1-2-8(13(23)24)9(22)3-6/h1-3,5,17,22H,4H2,(H,23,24)(H4,15,16,18,20,21). The van der Waals surface area contributed by atoms with Gasteiger partial charge in [-0.15, -0.1) is 0 Å². The van der Waals surface area contributed by atoms with E-state index in [4.69, 9.17) is 16.6 Å². The minimum atomic E-state index is -1.20. The lowest BCUT2D eigenvalue weighted by atomic mass is 10.2. The fraction of sp³-hybridized carbons (Fsp3) is 0.0714. The Morgan fingerprint density at radius 3 is 2.71 bits per heavy atom. The van der Waals surface area contributed by atoms with Crippen molar-refractivity contribution < 1.29 is 15.0 Å². The number of carboxylic acids is 1. The van der Waals surface area contributed by atoms with Crippen LogP contribution in [-0.2, 0) is 6.54 Å². The molecular formula is C14H13N7O3. The molecule has 2 heterocycles. The molecule has 0 radical (unpaired) electrons. The van der Waals surface area contributed by atoms with Gasteiger partial charge in [-0.05, 0) is 12.1 Å². The van der Waals surface area contributed by atoms with E-state index in [2.05, 4.69) is 25.3 Å². The second-order valence-corrected chi connectivity index (χ2v) is 4.89. The number of hydrogen-bond acceptors (Lipinski definition) is 9. The van der Waals surface area contributed by atoms with Crippen molar-refractivity contribution in [3.05, 3.63) is 35.7 Å². The summed E-state index contributed by atoms with van der Waals surface area (Å²) in [6.07, 6.45) is 1.51. The van der Waals surface area contributed by atoms with E-state index in [1.165, 1.54) is 24.4 Å². The molecule has 24 heavy (non-hydrogen) atoms. The van der Waals surface area contributed by atoms with E-state index in [9.17, 15) is 9.90 Å². The van der Waals surface area contributed by atoms with Crippen LogP contribution in [-0.4, -0.2) is 36.1 Å². The van der Waals surface area contributed by atoms with Crippen molar-refractivity contribution in [2.75, 3.05) is 16.8 Å². The zero-order valence-corrected chi connectivity index (χ0v) is 12.3. The molecule has 2 aromatic heterocycles. The van der Waals surface area contributed by atoms with E-state index in [1.54, 1.807) is 0 Å². The molecule has 0 amide bonds. The van der Waals surface area contributed by atoms with Gasteiger partial charge >= 0.3 is 5.97 Å². The van der Waals surface area contributed by atoms with Crippen LogP contribution in [0.15, 0.2) is 24.4 Å². The number of hydrogen-bond donors (Lipinski definition) is 5. The van der Waals surface area contributed by atoms with E-state index in [0.717, 1.165) is 0 Å². The molecule has 0 atom stereocenters. The summed E-state index contributed by atoms with van der Waals surface area (Å²) >= 11 is 0. The highest BCUT2D eigenvalue weighted by atomic mass is 16.4. The average Bonchev–Trinajstić information content (AvgIpc) is 2.52. The van der Waals surface area contributed by atoms with Gasteiger partial charge in [-0.1, -0.05) is 0 Å². The van der Waals surface area contributed by atoms with Gasteiger partial charge < -0.3 is 27.0 Å². The highest BCUT2D eigenvalue weighted by Crippen LogP contribution is 2.22. The molecule has 0 unspecified atom stereocenters. The van der Waals surface area contributed by atoms with E-state index < -0.39 is 5.97 Å². The summed E-state index contributed by atoms with van der Waals surface area (Å²) in [5, 5.41) is 21.5. The number of fused-ring (bicyclic) bond motifs is 1. The molecular weight excluding hydrogens is 314 g/mol. The molecule has 0 saturated carbocycles. The average molecular weight is 327 g/mol. The number of anilines is 3. The number of nitrogens with zero attached hydrogens (tertiary/aromatic N) is 4. The van der Waals surface area contributed by atoms with Crippen molar-refractivity contribution in [2.24, 2.45) is 0 Å². The van der Waals surface area contributed by atoms with Crippen molar-refractivity contribution in [1.82, 2.24) is 19.9 Å². The van der Waals surface area contributed by atoms with Crippen LogP contribution in [0.2, 0.25) is 0 Å². The quantitative estimate of drug-likeness (QED) is 0.456. The predicted molar refractivity (Wildman–Crippen MR) is 86.3 cm³/mol. The number of carboxylic acid groups (broad SMARTS) is 1. The molecule has 0 aliphatic rings. The SMILES string of the molecule is Nc1nc(N)c2nc(CNc3ccc(C(=O)O)c(O)c3)cnc2n1. The van der Waals surface area contributed by atoms with E-state index in [-0.39, 0.29) is 29.6 Å². The summed E-state index contributed by atoms with van der Waals surface area (Å²) in [6.45, 7) is 0.276. The first-order valence-electron chi connectivity index (χ1n) is 6.79. The van der Waals surface area contributed by atoms with Gasteiger partial charge in [0.2, 0.25) is 5.95 Å². The van der Waals surface area contributed by atoms with Gasteiger partial charge in [-0.2, -0.15) is 9.97 Å². The van der Waals surface area contributed by atoms with E-state index >= 15 is 0 Å². The molecule has 3 rings (SSSR count). The summed E-state index contributed by atoms with van der Waals surface area (Å²) in [4.78, 5) is 27.1. The van der Waals surface area contributed by atoms with Crippen molar-refractivity contribution in [3.63, 3.8) is 0 Å². The van der Waals surface area contributed by atoms with Gasteiger partial charge in [-0.25, -0.2) is 14.8 Å². The maximum Gasteiger partial charge on any atom is 0.339 e. The number of nitrogen functional groups attached to an aromatic ring is 2. The second-order valence-electron chi connectivity index (χ2n) is 4.89. The highest BCUT2D eigenvalue weighted by Gasteiger charge is 2.10. The Morgan fingerprint density at radius 1 is 1.21 bits per heavy atom. The van der Waals surface area contributed by atoms with Crippen LogP contribution in [0, 0.1) is 0 Å². The Balaban J connectivity index is 1.81. The first-order chi connectivity index (χ1) is 11.4. The lowest BCUT2D eigenvalue weighted by molar-refractivity contribution is 0.0694. The monoisotopic (exact) mass is 327 g/mol. The molecule has 0 bridgehead atoms. The molecule has 0 spiro atoms. The molecule has 7 N–H and O–H groups in total. The number of nitrogens with two attached hydrogens (primary N) is 2. The van der Waals surface area contributed by atoms with Crippen LogP contribution in [0.3, 0.4) is 0 Å².